The van der Waals surface area contributed by atoms with E-state index in [1.807, 2.05) is 0 Å². The number of aliphatic hydroxyl groups is 2. The van der Waals surface area contributed by atoms with E-state index < -0.39 is 150 Å². The molecule has 1 aliphatic heterocycles. The fourth-order valence-corrected chi connectivity index (χ4v) is 7.99. The standard InChI is InChI=1S/C27H40N7O22P3S/c1-27(2,20(43)25(44)30-4-3-14(37)29-5-6-60)10-53-59(50,51)56-58(48,49)52-9-13-19(55-57(45,46)47)18(42)26(54-13)34-23(12(36)8-16(40)41)31-17-21(28)32-22(33-24(17)34)11(35)7-15(38)39/h13,18-20,26,42-43,60H,3-10H2,1-2H3,(H,29,37)(H,30,44)(H,38,39)(H,40,41)(H,48,49)(H,50,51)(H2,28,32,33)(H2,45,46,47)/t13-,18-,19-,20+,26-/m1/s1. The van der Waals surface area contributed by atoms with Crippen LogP contribution in [-0.4, -0.2) is 151 Å². The number of nitrogens with two attached hydrogens (primary N) is 1. The Morgan fingerprint density at radius 3 is 2.12 bits per heavy atom. The fourth-order valence-electron chi connectivity index (χ4n) is 5.05. The van der Waals surface area contributed by atoms with E-state index in [1.54, 1.807) is 0 Å². The number of nitrogen functional groups attached to an aromatic ring is 1. The van der Waals surface area contributed by atoms with Gasteiger partial charge in [-0.05, 0) is 0 Å². The Bertz CT molecular complexity index is 2130. The minimum atomic E-state index is -5.81. The third kappa shape index (κ3) is 14.1. The summed E-state index contributed by atoms with van der Waals surface area (Å²) < 4.78 is 61.7. The van der Waals surface area contributed by atoms with Crippen molar-refractivity contribution in [3.8, 4) is 0 Å². The second-order valence-corrected chi connectivity index (χ2v) is 17.8. The third-order valence-electron chi connectivity index (χ3n) is 7.79. The number of ketones is 2. The van der Waals surface area contributed by atoms with Crippen LogP contribution in [-0.2, 0) is 55.5 Å². The summed E-state index contributed by atoms with van der Waals surface area (Å²) in [5, 5.41) is 44.8. The maximum absolute atomic E-state index is 13.0. The lowest BCUT2D eigenvalue weighted by atomic mass is 9.87. The highest BCUT2D eigenvalue weighted by Crippen LogP contribution is 2.61. The van der Waals surface area contributed by atoms with Gasteiger partial charge in [0.1, 0.15) is 37.3 Å². The molecule has 33 heteroatoms. The minimum Gasteiger partial charge on any atom is -0.481 e. The summed E-state index contributed by atoms with van der Waals surface area (Å²) in [6, 6.07) is 0. The lowest BCUT2D eigenvalue weighted by molar-refractivity contribution is -0.137. The number of nitrogens with one attached hydrogen (secondary N) is 2. The van der Waals surface area contributed by atoms with E-state index >= 15 is 0 Å². The third-order valence-corrected chi connectivity index (χ3v) is 11.1. The number of hydrogen-bond acceptors (Lipinski definition) is 21. The van der Waals surface area contributed by atoms with Crippen molar-refractivity contribution in [2.75, 3.05) is 37.8 Å². The number of phosphoric acid groups is 3. The number of carbonyl (C=O) groups excluding carboxylic acids is 4. The molecule has 0 bridgehead atoms. The molecule has 29 nitrogen and oxygen atoms in total. The first kappa shape index (κ1) is 50.5. The van der Waals surface area contributed by atoms with E-state index in [2.05, 4.69) is 51.6 Å². The largest absolute Gasteiger partial charge is 0.481 e. The lowest BCUT2D eigenvalue weighted by Gasteiger charge is -2.30. The molecule has 3 rings (SSSR count). The number of aliphatic carboxylic acids is 2. The van der Waals surface area contributed by atoms with Gasteiger partial charge in [0.15, 0.2) is 29.0 Å². The van der Waals surface area contributed by atoms with E-state index in [0.29, 0.717) is 10.3 Å². The van der Waals surface area contributed by atoms with Gasteiger partial charge in [-0.2, -0.15) is 16.9 Å². The number of nitrogens with zero attached hydrogens (tertiary/aromatic N) is 4. The first-order valence-electron chi connectivity index (χ1n) is 16.7. The highest BCUT2D eigenvalue weighted by molar-refractivity contribution is 7.80. The summed E-state index contributed by atoms with van der Waals surface area (Å²) in [5.74, 6) is -9.48. The van der Waals surface area contributed by atoms with Crippen LogP contribution in [0.4, 0.5) is 5.82 Å². The van der Waals surface area contributed by atoms with Crippen molar-refractivity contribution in [2.24, 2.45) is 5.41 Å². The van der Waals surface area contributed by atoms with Gasteiger partial charge in [-0.3, -0.25) is 46.9 Å². The molecule has 0 saturated carbocycles. The number of fused-ring (bicyclic) bond motifs is 1. The highest BCUT2D eigenvalue weighted by Gasteiger charge is 2.51. The van der Waals surface area contributed by atoms with Crippen molar-refractivity contribution < 1.29 is 105 Å². The number of imidazole rings is 1. The van der Waals surface area contributed by atoms with Gasteiger partial charge < -0.3 is 61.1 Å². The van der Waals surface area contributed by atoms with Crippen molar-refractivity contribution in [3.63, 3.8) is 0 Å². The fraction of sp³-hybridized carbons (Fsp3) is 0.593. The van der Waals surface area contributed by atoms with E-state index in [-0.39, 0.29) is 19.5 Å². The Labute approximate surface area is 341 Å². The molecule has 1 saturated heterocycles. The molecule has 0 aliphatic carbocycles. The topological polar surface area (TPSA) is 455 Å². The van der Waals surface area contributed by atoms with Crippen molar-refractivity contribution in [1.82, 2.24) is 30.2 Å². The summed E-state index contributed by atoms with van der Waals surface area (Å²) in [4.78, 5) is 123. The molecule has 0 spiro atoms. The number of anilines is 1. The van der Waals surface area contributed by atoms with Gasteiger partial charge in [0, 0.05) is 30.7 Å². The molecule has 7 atom stereocenters. The number of Topliss-reactive ketones (excluding diaryl/α,β-unsaturated/α-hetero) is 2. The Hall–Kier alpha value is -3.83. The molecule has 2 unspecified atom stereocenters. The molecular formula is C27H40N7O22P3S. The van der Waals surface area contributed by atoms with Crippen LogP contribution in [0.3, 0.4) is 0 Å². The van der Waals surface area contributed by atoms with Gasteiger partial charge in [0.05, 0.1) is 13.2 Å². The van der Waals surface area contributed by atoms with Crippen LogP contribution in [0.15, 0.2) is 0 Å². The Morgan fingerprint density at radius 1 is 0.933 bits per heavy atom. The Kier molecular flexibility index (Phi) is 17.1. The van der Waals surface area contributed by atoms with E-state index in [0.717, 1.165) is 0 Å². The van der Waals surface area contributed by atoms with Crippen molar-refractivity contribution in [1.29, 1.82) is 0 Å². The van der Waals surface area contributed by atoms with Crippen molar-refractivity contribution in [3.05, 3.63) is 11.6 Å². The second-order valence-electron chi connectivity index (χ2n) is 13.1. The van der Waals surface area contributed by atoms with E-state index in [4.69, 9.17) is 20.1 Å². The number of amides is 2. The summed E-state index contributed by atoms with van der Waals surface area (Å²) >= 11 is 3.94. The molecule has 336 valence electrons. The number of ether oxygens (including phenoxy) is 1. The van der Waals surface area contributed by atoms with Crippen molar-refractivity contribution in [2.45, 2.75) is 63.8 Å². The molecule has 0 radical (unpaired) electrons. The molecule has 2 aromatic heterocycles. The van der Waals surface area contributed by atoms with Crippen LogP contribution in [0, 0.1) is 5.41 Å². The number of hydrogen-bond donors (Lipinski definition) is 12. The average molecular weight is 940 g/mol. The number of carboxylic acid groups (broad SMARTS) is 2. The molecule has 3 heterocycles. The van der Waals surface area contributed by atoms with Crippen LogP contribution < -0.4 is 16.4 Å². The molecule has 2 amide bonds. The molecule has 1 fully saturated rings. The van der Waals surface area contributed by atoms with Gasteiger partial charge in [-0.1, -0.05) is 13.8 Å². The normalized spacial score (nSPS) is 20.8. The zero-order valence-electron chi connectivity index (χ0n) is 31.0. The summed E-state index contributed by atoms with van der Waals surface area (Å²) in [5.41, 5.74) is 2.92. The predicted octanol–water partition coefficient (Wildman–Crippen LogP) is -2.35. The van der Waals surface area contributed by atoms with Gasteiger partial charge >= 0.3 is 35.4 Å². The number of aromatic nitrogens is 4. The molecule has 12 N–H and O–H groups in total. The maximum atomic E-state index is 13.0. The highest BCUT2D eigenvalue weighted by atomic mass is 32.1. The summed E-state index contributed by atoms with van der Waals surface area (Å²) in [7, 11) is -17.1. The second kappa shape index (κ2) is 20.4. The zero-order chi connectivity index (χ0) is 45.5. The number of phosphoric ester groups is 3. The molecule has 1 aliphatic rings. The van der Waals surface area contributed by atoms with Crippen LogP contribution in [0.1, 0.15) is 60.6 Å². The van der Waals surface area contributed by atoms with Gasteiger partial charge in [0.2, 0.25) is 29.2 Å². The van der Waals surface area contributed by atoms with Crippen molar-refractivity contribution >= 4 is 88.4 Å². The van der Waals surface area contributed by atoms with E-state index in [1.165, 1.54) is 13.8 Å². The van der Waals surface area contributed by atoms with Crippen LogP contribution in [0.2, 0.25) is 0 Å². The van der Waals surface area contributed by atoms with Crippen LogP contribution >= 0.6 is 36.1 Å². The van der Waals surface area contributed by atoms with E-state index in [9.17, 15) is 77.4 Å². The number of rotatable bonds is 24. The Balaban J connectivity index is 1.85. The smallest absolute Gasteiger partial charge is 0.481 e. The molecule has 60 heavy (non-hydrogen) atoms. The summed E-state index contributed by atoms with van der Waals surface area (Å²) in [6.07, 6.45) is -13.6. The lowest BCUT2D eigenvalue weighted by Crippen LogP contribution is -2.46. The number of carbonyl (C=O) groups is 6. The zero-order valence-corrected chi connectivity index (χ0v) is 34.6. The molecule has 2 aromatic rings. The first-order chi connectivity index (χ1) is 27.6. The van der Waals surface area contributed by atoms with Gasteiger partial charge in [-0.15, -0.1) is 0 Å². The van der Waals surface area contributed by atoms with Crippen LogP contribution in [0.5, 0.6) is 0 Å². The monoisotopic (exact) mass is 939 g/mol. The quantitative estimate of drug-likeness (QED) is 0.0227. The van der Waals surface area contributed by atoms with Gasteiger partial charge in [0.25, 0.3) is 0 Å². The summed E-state index contributed by atoms with van der Waals surface area (Å²) in [6.45, 7) is 0.0344. The molecular weight excluding hydrogens is 899 g/mol. The number of thiol groups is 1. The average Bonchev–Trinajstić information content (AvgIpc) is 3.64. The number of aliphatic hydroxyl groups excluding tert-OH is 2. The Morgan fingerprint density at radius 2 is 1.53 bits per heavy atom. The first-order valence-corrected chi connectivity index (χ1v) is 21.9. The predicted molar refractivity (Wildman–Crippen MR) is 197 cm³/mol. The number of carboxylic acids is 2. The SMILES string of the molecule is CC(C)(COP(=O)(O)OP(=O)(O)OC[C@H]1O[C@@H](n2c(C(=O)CC(=O)O)nc3c(N)nc(C(=O)CC(=O)O)nc32)[C@H](O)[C@@H]1OP(=O)(O)O)[C@@H](O)C(=O)NCCC(=O)NCCS. The maximum Gasteiger partial charge on any atom is 0.481 e. The van der Waals surface area contributed by atoms with Gasteiger partial charge in [-0.25, -0.2) is 28.6 Å². The minimum absolute atomic E-state index is 0.163. The van der Waals surface area contributed by atoms with Crippen LogP contribution in [0.25, 0.3) is 11.2 Å². The molecule has 0 aromatic carbocycles.